The highest BCUT2D eigenvalue weighted by atomic mass is 16.5. The zero-order chi connectivity index (χ0) is 23.5. The third-order valence-corrected chi connectivity index (χ3v) is 6.63. The molecular weight excluding hydrogens is 432 g/mol. The summed E-state index contributed by atoms with van der Waals surface area (Å²) in [4.78, 5) is 29.8. The van der Waals surface area contributed by atoms with E-state index in [1.165, 1.54) is 6.07 Å². The number of hydrogen-bond acceptors (Lipinski definition) is 7. The number of rotatable bonds is 4. The van der Waals surface area contributed by atoms with Gasteiger partial charge in [-0.2, -0.15) is 5.26 Å². The van der Waals surface area contributed by atoms with Crippen LogP contribution >= 0.6 is 0 Å². The topological polar surface area (TPSA) is 98.8 Å². The Balaban J connectivity index is 1.29. The van der Waals surface area contributed by atoms with E-state index in [0.717, 1.165) is 57.9 Å². The van der Waals surface area contributed by atoms with Crippen LogP contribution in [-0.4, -0.2) is 56.2 Å². The van der Waals surface area contributed by atoms with E-state index < -0.39 is 11.5 Å². The molecule has 0 bridgehead atoms. The normalized spacial score (nSPS) is 17.4. The summed E-state index contributed by atoms with van der Waals surface area (Å²) < 4.78 is 10.7. The van der Waals surface area contributed by atoms with Gasteiger partial charge in [0, 0.05) is 43.3 Å². The maximum Gasteiger partial charge on any atom is 0.349 e. The monoisotopic (exact) mass is 458 g/mol. The molecule has 0 unspecified atom stereocenters. The largest absolute Gasteiger partial charge is 0.422 e. The van der Waals surface area contributed by atoms with E-state index in [9.17, 15) is 14.9 Å². The van der Waals surface area contributed by atoms with Gasteiger partial charge in [0.05, 0.1) is 24.5 Å². The third-order valence-electron chi connectivity index (χ3n) is 6.63. The molecule has 1 amide bonds. The fraction of sp³-hybridized carbons (Fsp3) is 0.346. The predicted octanol–water partition coefficient (Wildman–Crippen LogP) is 3.22. The van der Waals surface area contributed by atoms with Gasteiger partial charge in [-0.3, -0.25) is 9.69 Å². The van der Waals surface area contributed by atoms with Crippen molar-refractivity contribution in [1.82, 2.24) is 4.90 Å². The fourth-order valence-corrected chi connectivity index (χ4v) is 4.81. The summed E-state index contributed by atoms with van der Waals surface area (Å²) in [5.74, 6) is -0.567. The second-order valence-electron chi connectivity index (χ2n) is 8.65. The van der Waals surface area contributed by atoms with Gasteiger partial charge in [0.1, 0.15) is 17.2 Å². The Morgan fingerprint density at radius 2 is 1.79 bits per heavy atom. The molecule has 8 heteroatoms. The summed E-state index contributed by atoms with van der Waals surface area (Å²) in [7, 11) is 0. The van der Waals surface area contributed by atoms with Gasteiger partial charge in [-0.25, -0.2) is 4.79 Å². The number of hydrogen-bond donors (Lipinski definition) is 1. The number of carbonyl (C=O) groups excluding carboxylic acids is 1. The van der Waals surface area contributed by atoms with Crippen molar-refractivity contribution in [3.05, 3.63) is 70.1 Å². The number of anilines is 2. The van der Waals surface area contributed by atoms with Crippen LogP contribution in [0.2, 0.25) is 0 Å². The Labute approximate surface area is 197 Å². The lowest BCUT2D eigenvalue weighted by atomic mass is 10.0. The number of amides is 1. The molecule has 8 nitrogen and oxygen atoms in total. The zero-order valence-electron chi connectivity index (χ0n) is 18.8. The minimum atomic E-state index is -0.698. The first-order valence-electron chi connectivity index (χ1n) is 11.6. The average Bonchev–Trinajstić information content (AvgIpc) is 2.88. The standard InChI is InChI=1S/C26H26N4O4/c27-17-19-15-20(28-25(31)22-16-18-3-1-2-4-24(18)34-26(22)32)5-6-23(19)30-9-7-21(8-10-30)29-11-13-33-14-12-29/h1-6,15-16,21H,7-14H2,(H,28,31). The molecule has 34 heavy (non-hydrogen) atoms. The lowest BCUT2D eigenvalue weighted by molar-refractivity contribution is 0.0115. The molecule has 0 spiro atoms. The maximum absolute atomic E-state index is 12.8. The van der Waals surface area contributed by atoms with Crippen LogP contribution in [0.5, 0.6) is 0 Å². The van der Waals surface area contributed by atoms with Crippen molar-refractivity contribution in [1.29, 1.82) is 5.26 Å². The summed E-state index contributed by atoms with van der Waals surface area (Å²) in [5, 5.41) is 13.2. The van der Waals surface area contributed by atoms with E-state index in [2.05, 4.69) is 21.2 Å². The lowest BCUT2D eigenvalue weighted by Crippen LogP contribution is -2.49. The Morgan fingerprint density at radius 3 is 2.56 bits per heavy atom. The van der Waals surface area contributed by atoms with E-state index in [-0.39, 0.29) is 5.56 Å². The van der Waals surface area contributed by atoms with Crippen molar-refractivity contribution in [2.24, 2.45) is 0 Å². The number of piperidine rings is 1. The number of morpholine rings is 1. The molecule has 2 fully saturated rings. The first-order chi connectivity index (χ1) is 16.6. The molecule has 0 radical (unpaired) electrons. The van der Waals surface area contributed by atoms with Crippen LogP contribution in [0.4, 0.5) is 11.4 Å². The van der Waals surface area contributed by atoms with Crippen molar-refractivity contribution in [2.45, 2.75) is 18.9 Å². The first-order valence-corrected chi connectivity index (χ1v) is 11.6. The van der Waals surface area contributed by atoms with Gasteiger partial charge in [-0.1, -0.05) is 18.2 Å². The van der Waals surface area contributed by atoms with E-state index in [0.29, 0.717) is 28.3 Å². The molecule has 0 saturated carbocycles. The van der Waals surface area contributed by atoms with Gasteiger partial charge >= 0.3 is 5.63 Å². The Bertz CT molecular complexity index is 1300. The second kappa shape index (κ2) is 9.67. The molecule has 0 aliphatic carbocycles. The number of nitrogens with one attached hydrogen (secondary N) is 1. The maximum atomic E-state index is 12.8. The third kappa shape index (κ3) is 4.53. The number of benzene rings is 2. The molecule has 174 valence electrons. The number of nitrogens with zero attached hydrogens (tertiary/aromatic N) is 3. The van der Waals surface area contributed by atoms with Crippen LogP contribution in [0, 0.1) is 11.3 Å². The number of fused-ring (bicyclic) bond motifs is 1. The fourth-order valence-electron chi connectivity index (χ4n) is 4.81. The van der Waals surface area contributed by atoms with Crippen LogP contribution in [0.1, 0.15) is 28.8 Å². The highest BCUT2D eigenvalue weighted by Gasteiger charge is 2.27. The van der Waals surface area contributed by atoms with Crippen LogP contribution in [0.25, 0.3) is 11.0 Å². The molecule has 3 heterocycles. The average molecular weight is 459 g/mol. The van der Waals surface area contributed by atoms with Gasteiger partial charge < -0.3 is 19.4 Å². The number of ether oxygens (including phenoxy) is 1. The van der Waals surface area contributed by atoms with E-state index >= 15 is 0 Å². The summed E-state index contributed by atoms with van der Waals surface area (Å²) in [6.45, 7) is 5.32. The van der Waals surface area contributed by atoms with Crippen molar-refractivity contribution in [3.63, 3.8) is 0 Å². The van der Waals surface area contributed by atoms with Crippen molar-refractivity contribution in [2.75, 3.05) is 49.6 Å². The van der Waals surface area contributed by atoms with Crippen molar-refractivity contribution in [3.8, 4) is 6.07 Å². The van der Waals surface area contributed by atoms with Crippen LogP contribution in [0.3, 0.4) is 0 Å². The van der Waals surface area contributed by atoms with Crippen LogP contribution in [0.15, 0.2) is 57.7 Å². The van der Waals surface area contributed by atoms with Crippen LogP contribution < -0.4 is 15.8 Å². The number of carbonyl (C=O) groups is 1. The summed E-state index contributed by atoms with van der Waals surface area (Å²) in [6.07, 6.45) is 2.09. The predicted molar refractivity (Wildman–Crippen MR) is 129 cm³/mol. The molecule has 2 saturated heterocycles. The van der Waals surface area contributed by atoms with Gasteiger partial charge in [0.25, 0.3) is 5.91 Å². The lowest BCUT2D eigenvalue weighted by Gasteiger charge is -2.41. The molecule has 2 aliphatic rings. The van der Waals surface area contributed by atoms with Gasteiger partial charge in [-0.05, 0) is 43.2 Å². The van der Waals surface area contributed by atoms with Gasteiger partial charge in [0.2, 0.25) is 0 Å². The smallest absolute Gasteiger partial charge is 0.349 e. The van der Waals surface area contributed by atoms with Crippen molar-refractivity contribution >= 4 is 28.3 Å². The molecule has 2 aromatic carbocycles. The van der Waals surface area contributed by atoms with Crippen LogP contribution in [-0.2, 0) is 4.74 Å². The molecular formula is C26H26N4O4. The van der Waals surface area contributed by atoms with Gasteiger partial charge in [-0.15, -0.1) is 0 Å². The summed E-state index contributed by atoms with van der Waals surface area (Å²) in [5.41, 5.74) is 1.47. The van der Waals surface area contributed by atoms with Gasteiger partial charge in [0.15, 0.2) is 0 Å². The highest BCUT2D eigenvalue weighted by Crippen LogP contribution is 2.28. The quantitative estimate of drug-likeness (QED) is 0.600. The van der Waals surface area contributed by atoms with Crippen molar-refractivity contribution < 1.29 is 13.9 Å². The zero-order valence-corrected chi connectivity index (χ0v) is 18.8. The summed E-state index contributed by atoms with van der Waals surface area (Å²) >= 11 is 0. The molecule has 3 aromatic rings. The minimum Gasteiger partial charge on any atom is -0.422 e. The highest BCUT2D eigenvalue weighted by molar-refractivity contribution is 6.05. The Hall–Kier alpha value is -3.67. The van der Waals surface area contributed by atoms with E-state index in [1.54, 1.807) is 30.3 Å². The Kier molecular flexibility index (Phi) is 6.30. The van der Waals surface area contributed by atoms with E-state index in [4.69, 9.17) is 9.15 Å². The molecule has 0 atom stereocenters. The number of para-hydroxylation sites is 1. The Morgan fingerprint density at radius 1 is 1.03 bits per heavy atom. The second-order valence-corrected chi connectivity index (χ2v) is 8.65. The number of nitriles is 1. The first kappa shape index (κ1) is 22.1. The minimum absolute atomic E-state index is 0.0773. The SMILES string of the molecule is N#Cc1cc(NC(=O)c2cc3ccccc3oc2=O)ccc1N1CCC(N2CCOCC2)CC1. The molecule has 1 N–H and O–H groups in total. The molecule has 5 rings (SSSR count). The molecule has 1 aromatic heterocycles. The molecule has 2 aliphatic heterocycles. The summed E-state index contributed by atoms with van der Waals surface area (Å²) in [6, 6.07) is 16.7. The van der Waals surface area contributed by atoms with E-state index in [1.807, 2.05) is 12.1 Å².